The lowest BCUT2D eigenvalue weighted by molar-refractivity contribution is -0.164. The zero-order chi connectivity index (χ0) is 26.2. The van der Waals surface area contributed by atoms with Gasteiger partial charge in [-0.25, -0.2) is 4.79 Å². The summed E-state index contributed by atoms with van der Waals surface area (Å²) in [6, 6.07) is 16.9. The second kappa shape index (κ2) is 12.5. The van der Waals surface area contributed by atoms with E-state index >= 15 is 0 Å². The summed E-state index contributed by atoms with van der Waals surface area (Å²) in [5.41, 5.74) is 1.73. The van der Waals surface area contributed by atoms with Crippen LogP contribution in [0.3, 0.4) is 0 Å². The van der Waals surface area contributed by atoms with E-state index in [9.17, 15) is 19.2 Å². The second-order valence-corrected chi connectivity index (χ2v) is 9.58. The molecule has 1 aliphatic rings. The summed E-state index contributed by atoms with van der Waals surface area (Å²) < 4.78 is 5.90. The van der Waals surface area contributed by atoms with Crippen LogP contribution in [-0.2, 0) is 36.8 Å². The van der Waals surface area contributed by atoms with Crippen LogP contribution in [-0.4, -0.2) is 53.7 Å². The van der Waals surface area contributed by atoms with Crippen LogP contribution >= 0.6 is 0 Å². The summed E-state index contributed by atoms with van der Waals surface area (Å²) in [7, 11) is 1.57. The van der Waals surface area contributed by atoms with Gasteiger partial charge in [-0.3, -0.25) is 14.4 Å². The summed E-state index contributed by atoms with van der Waals surface area (Å²) in [5, 5.41) is 2.81. The average molecular weight is 493 g/mol. The van der Waals surface area contributed by atoms with Gasteiger partial charge in [0, 0.05) is 19.9 Å². The number of carbonyl (C=O) groups is 4. The molecule has 0 saturated carbocycles. The third kappa shape index (κ3) is 6.59. The van der Waals surface area contributed by atoms with Crippen molar-refractivity contribution >= 4 is 23.6 Å². The first-order valence-corrected chi connectivity index (χ1v) is 12.6. The van der Waals surface area contributed by atoms with E-state index < -0.39 is 47.8 Å². The van der Waals surface area contributed by atoms with Gasteiger partial charge in [-0.05, 0) is 24.5 Å². The van der Waals surface area contributed by atoms with Crippen molar-refractivity contribution in [3.8, 4) is 0 Å². The van der Waals surface area contributed by atoms with Crippen molar-refractivity contribution in [1.29, 1.82) is 0 Å². The number of rotatable bonds is 6. The zero-order valence-electron chi connectivity index (χ0n) is 21.5. The van der Waals surface area contributed by atoms with Crippen molar-refractivity contribution < 1.29 is 23.9 Å². The van der Waals surface area contributed by atoms with Gasteiger partial charge in [-0.1, -0.05) is 80.9 Å². The maximum absolute atomic E-state index is 13.7. The second-order valence-electron chi connectivity index (χ2n) is 9.58. The number of hydrogen-bond acceptors (Lipinski definition) is 5. The molecule has 0 aromatic heterocycles. The molecule has 1 aliphatic heterocycles. The molecule has 1 N–H and O–H groups in total. The van der Waals surface area contributed by atoms with Gasteiger partial charge in [0.15, 0.2) is 5.78 Å². The number of carbonyl (C=O) groups excluding carboxylic acids is 4. The molecule has 2 amide bonds. The molecular weight excluding hydrogens is 456 g/mol. The van der Waals surface area contributed by atoms with E-state index in [1.54, 1.807) is 14.0 Å². The van der Waals surface area contributed by atoms with Gasteiger partial charge in [0.25, 0.3) is 0 Å². The normalized spacial score (nSPS) is 26.0. The summed E-state index contributed by atoms with van der Waals surface area (Å²) in [6.45, 7) is 5.19. The number of hydrogen-bond donors (Lipinski definition) is 1. The maximum Gasteiger partial charge on any atom is 0.329 e. The number of ketones is 1. The topological polar surface area (TPSA) is 92.8 Å². The Bertz CT molecular complexity index is 1060. The van der Waals surface area contributed by atoms with E-state index in [-0.39, 0.29) is 18.6 Å². The third-order valence-corrected chi connectivity index (χ3v) is 6.92. The summed E-state index contributed by atoms with van der Waals surface area (Å²) >= 11 is 0. The molecule has 7 heteroatoms. The maximum atomic E-state index is 13.7. The van der Waals surface area contributed by atoms with Gasteiger partial charge in [0.1, 0.15) is 18.2 Å². The van der Waals surface area contributed by atoms with Crippen molar-refractivity contribution in [3.05, 3.63) is 71.8 Å². The van der Waals surface area contributed by atoms with Gasteiger partial charge in [-0.2, -0.15) is 0 Å². The number of Topliss-reactive ketones (excluding diaryl/α,β-unsaturated/α-hetero) is 1. The molecular formula is C29H36N2O5. The Morgan fingerprint density at radius 3 is 1.97 bits per heavy atom. The Kier molecular flexibility index (Phi) is 9.39. The number of nitrogens with zero attached hydrogens (tertiary/aromatic N) is 1. The predicted octanol–water partition coefficient (Wildman–Crippen LogP) is 3.35. The molecule has 1 unspecified atom stereocenters. The monoisotopic (exact) mass is 492 g/mol. The minimum Gasteiger partial charge on any atom is -0.460 e. The third-order valence-electron chi connectivity index (χ3n) is 6.92. The van der Waals surface area contributed by atoms with Gasteiger partial charge in [0.2, 0.25) is 11.8 Å². The number of amides is 2. The number of ether oxygens (including phenoxy) is 1. The molecule has 0 bridgehead atoms. The molecule has 0 aliphatic carbocycles. The van der Waals surface area contributed by atoms with Crippen LogP contribution in [0.4, 0.5) is 0 Å². The lowest BCUT2D eigenvalue weighted by Crippen LogP contribution is -2.56. The average Bonchev–Trinajstić information content (AvgIpc) is 2.89. The standard InChI is InChI=1S/C29H36N2O5/c1-5-12-25-19(2)26(32)20(3)27(33)30-23(17-21-13-8-6-9-14-21)28(34)31(4)24(29(35)36-25)18-22-15-10-7-11-16-22/h6-11,13-16,19-20,23-25H,5,12,17-18H2,1-4H3,(H,30,33)/t19-,20-,23+,24-,25?/m0/s1. The van der Waals surface area contributed by atoms with Crippen LogP contribution in [0.15, 0.2) is 60.7 Å². The molecule has 2 aromatic carbocycles. The molecule has 36 heavy (non-hydrogen) atoms. The van der Waals surface area contributed by atoms with Crippen LogP contribution < -0.4 is 5.32 Å². The Labute approximate surface area is 213 Å². The Morgan fingerprint density at radius 1 is 0.861 bits per heavy atom. The summed E-state index contributed by atoms with van der Waals surface area (Å²) in [5.74, 6) is -3.40. The number of cyclic esters (lactones) is 1. The molecule has 1 fully saturated rings. The minimum atomic E-state index is -0.978. The summed E-state index contributed by atoms with van der Waals surface area (Å²) in [6.07, 6.45) is 1.00. The molecule has 1 heterocycles. The fourth-order valence-electron chi connectivity index (χ4n) is 4.59. The van der Waals surface area contributed by atoms with E-state index in [4.69, 9.17) is 4.74 Å². The highest BCUT2D eigenvalue weighted by molar-refractivity contribution is 6.03. The molecule has 2 aromatic rings. The lowest BCUT2D eigenvalue weighted by atomic mass is 9.88. The highest BCUT2D eigenvalue weighted by atomic mass is 16.5. The Balaban J connectivity index is 2.02. The van der Waals surface area contributed by atoms with Crippen molar-refractivity contribution in [2.75, 3.05) is 7.05 Å². The van der Waals surface area contributed by atoms with Crippen molar-refractivity contribution in [1.82, 2.24) is 10.2 Å². The molecule has 0 spiro atoms. The Morgan fingerprint density at radius 2 is 1.42 bits per heavy atom. The lowest BCUT2D eigenvalue weighted by Gasteiger charge is -2.34. The smallest absolute Gasteiger partial charge is 0.329 e. The largest absolute Gasteiger partial charge is 0.460 e. The van der Waals surface area contributed by atoms with E-state index in [0.29, 0.717) is 12.8 Å². The van der Waals surface area contributed by atoms with Crippen LogP contribution in [0.2, 0.25) is 0 Å². The number of esters is 1. The first-order valence-electron chi connectivity index (χ1n) is 12.6. The van der Waals surface area contributed by atoms with Gasteiger partial charge >= 0.3 is 5.97 Å². The van der Waals surface area contributed by atoms with E-state index in [2.05, 4.69) is 5.32 Å². The first kappa shape index (κ1) is 27.1. The summed E-state index contributed by atoms with van der Waals surface area (Å²) in [4.78, 5) is 55.0. The number of likely N-dealkylation sites (N-methyl/N-ethyl adjacent to an activating group) is 1. The van der Waals surface area contributed by atoms with Crippen LogP contribution in [0.1, 0.15) is 44.7 Å². The first-order chi connectivity index (χ1) is 17.2. The van der Waals surface area contributed by atoms with Gasteiger partial charge < -0.3 is 15.0 Å². The molecule has 5 atom stereocenters. The highest BCUT2D eigenvalue weighted by Crippen LogP contribution is 2.22. The fraction of sp³-hybridized carbons (Fsp3) is 0.448. The highest BCUT2D eigenvalue weighted by Gasteiger charge is 2.39. The SMILES string of the molecule is CCCC1OC(=O)[C@H](Cc2ccccc2)N(C)C(=O)[C@@H](Cc2ccccc2)NC(=O)[C@@H](C)C(=O)[C@H]1C. The molecule has 7 nitrogen and oxygen atoms in total. The van der Waals surface area contributed by atoms with E-state index in [1.807, 2.05) is 67.6 Å². The number of benzene rings is 2. The number of nitrogens with one attached hydrogen (secondary N) is 1. The minimum absolute atomic E-state index is 0.234. The Hall–Kier alpha value is -3.48. The van der Waals surface area contributed by atoms with Crippen molar-refractivity contribution in [2.24, 2.45) is 11.8 Å². The predicted molar refractivity (Wildman–Crippen MR) is 137 cm³/mol. The quantitative estimate of drug-likeness (QED) is 0.493. The molecule has 3 rings (SSSR count). The van der Waals surface area contributed by atoms with E-state index in [1.165, 1.54) is 11.8 Å². The van der Waals surface area contributed by atoms with Crippen LogP contribution in [0.25, 0.3) is 0 Å². The molecule has 192 valence electrons. The van der Waals surface area contributed by atoms with Gasteiger partial charge in [0.05, 0.1) is 11.8 Å². The van der Waals surface area contributed by atoms with Gasteiger partial charge in [-0.15, -0.1) is 0 Å². The van der Waals surface area contributed by atoms with E-state index in [0.717, 1.165) is 11.1 Å². The zero-order valence-corrected chi connectivity index (χ0v) is 21.5. The molecule has 1 saturated heterocycles. The van der Waals surface area contributed by atoms with Crippen molar-refractivity contribution in [3.63, 3.8) is 0 Å². The van der Waals surface area contributed by atoms with Crippen LogP contribution in [0.5, 0.6) is 0 Å². The van der Waals surface area contributed by atoms with Crippen molar-refractivity contribution in [2.45, 2.75) is 64.6 Å². The molecule has 0 radical (unpaired) electrons. The van der Waals surface area contributed by atoms with Crippen LogP contribution in [0, 0.1) is 11.8 Å². The fourth-order valence-corrected chi connectivity index (χ4v) is 4.59.